The summed E-state index contributed by atoms with van der Waals surface area (Å²) in [6, 6.07) is 0. The van der Waals surface area contributed by atoms with Gasteiger partial charge in [0.05, 0.1) is 6.20 Å². The van der Waals surface area contributed by atoms with Crippen LogP contribution >= 0.6 is 11.8 Å². The predicted molar refractivity (Wildman–Crippen MR) is 52.7 cm³/mol. The lowest BCUT2D eigenvalue weighted by molar-refractivity contribution is -0.116. The van der Waals surface area contributed by atoms with Crippen molar-refractivity contribution in [3.63, 3.8) is 0 Å². The van der Waals surface area contributed by atoms with Gasteiger partial charge in [-0.05, 0) is 6.26 Å². The Labute approximate surface area is 81.1 Å². The average molecular weight is 200 g/mol. The normalized spacial score (nSPS) is 12.5. The van der Waals surface area contributed by atoms with Crippen molar-refractivity contribution in [1.29, 1.82) is 0 Å². The van der Waals surface area contributed by atoms with E-state index >= 15 is 0 Å². The van der Waals surface area contributed by atoms with Gasteiger partial charge in [-0.3, -0.25) is 4.79 Å². The Hall–Kier alpha value is -0.970. The molecule has 0 spiro atoms. The van der Waals surface area contributed by atoms with Crippen LogP contribution in [0.25, 0.3) is 0 Å². The van der Waals surface area contributed by atoms with Gasteiger partial charge in [0.1, 0.15) is 12.0 Å². The molecule has 0 fully saturated rings. The zero-order valence-electron chi connectivity index (χ0n) is 7.61. The Morgan fingerprint density at radius 1 is 1.85 bits per heavy atom. The topological polar surface area (TPSA) is 55.1 Å². The molecule has 1 amide bonds. The monoisotopic (exact) mass is 200 g/mol. The SMILES string of the molecule is CSC(C)CC(=O)Nc1cnoc1. The van der Waals surface area contributed by atoms with Gasteiger partial charge in [-0.2, -0.15) is 11.8 Å². The molecule has 1 rings (SSSR count). The summed E-state index contributed by atoms with van der Waals surface area (Å²) in [6.07, 6.45) is 5.37. The van der Waals surface area contributed by atoms with Crippen molar-refractivity contribution in [2.75, 3.05) is 11.6 Å². The number of carbonyl (C=O) groups excluding carboxylic acids is 1. The first-order chi connectivity index (χ1) is 6.22. The lowest BCUT2D eigenvalue weighted by Gasteiger charge is -2.06. The summed E-state index contributed by atoms with van der Waals surface area (Å²) < 4.78 is 4.58. The fourth-order valence-corrected chi connectivity index (χ4v) is 1.14. The molecular formula is C8H12N2O2S. The van der Waals surface area contributed by atoms with Gasteiger partial charge in [-0.25, -0.2) is 0 Å². The van der Waals surface area contributed by atoms with Gasteiger partial charge >= 0.3 is 0 Å². The van der Waals surface area contributed by atoms with Crippen LogP contribution < -0.4 is 5.32 Å². The van der Waals surface area contributed by atoms with Crippen LogP contribution in [0.15, 0.2) is 17.0 Å². The minimum absolute atomic E-state index is 0.00921. The maximum atomic E-state index is 11.3. The molecule has 4 nitrogen and oxygen atoms in total. The number of hydrogen-bond acceptors (Lipinski definition) is 4. The van der Waals surface area contributed by atoms with E-state index < -0.39 is 0 Å². The molecule has 0 saturated heterocycles. The van der Waals surface area contributed by atoms with Crippen molar-refractivity contribution in [1.82, 2.24) is 5.16 Å². The summed E-state index contributed by atoms with van der Waals surface area (Å²) in [5.74, 6) is -0.00921. The van der Waals surface area contributed by atoms with Crippen LogP contribution in [0.2, 0.25) is 0 Å². The maximum absolute atomic E-state index is 11.3. The molecule has 1 aromatic heterocycles. The highest BCUT2D eigenvalue weighted by atomic mass is 32.2. The minimum Gasteiger partial charge on any atom is -0.363 e. The third-order valence-electron chi connectivity index (χ3n) is 1.59. The molecule has 1 unspecified atom stereocenters. The van der Waals surface area contributed by atoms with Gasteiger partial charge in [0.15, 0.2) is 0 Å². The highest BCUT2D eigenvalue weighted by Gasteiger charge is 2.08. The zero-order valence-corrected chi connectivity index (χ0v) is 8.43. The highest BCUT2D eigenvalue weighted by molar-refractivity contribution is 7.99. The largest absolute Gasteiger partial charge is 0.363 e. The van der Waals surface area contributed by atoms with E-state index in [0.717, 1.165) is 0 Å². The second kappa shape index (κ2) is 4.91. The lowest BCUT2D eigenvalue weighted by Crippen LogP contribution is -2.15. The first-order valence-electron chi connectivity index (χ1n) is 3.94. The molecule has 1 N–H and O–H groups in total. The van der Waals surface area contributed by atoms with Gasteiger partial charge in [0, 0.05) is 11.7 Å². The number of nitrogens with one attached hydrogen (secondary N) is 1. The first kappa shape index (κ1) is 10.1. The lowest BCUT2D eigenvalue weighted by atomic mass is 10.3. The Balaban J connectivity index is 2.34. The van der Waals surface area contributed by atoms with E-state index in [9.17, 15) is 4.79 Å². The number of hydrogen-bond donors (Lipinski definition) is 1. The van der Waals surface area contributed by atoms with E-state index in [1.807, 2.05) is 13.2 Å². The van der Waals surface area contributed by atoms with Crippen molar-refractivity contribution in [3.8, 4) is 0 Å². The van der Waals surface area contributed by atoms with Gasteiger partial charge < -0.3 is 9.84 Å². The van der Waals surface area contributed by atoms with Crippen LogP contribution in [0.1, 0.15) is 13.3 Å². The van der Waals surface area contributed by atoms with Crippen LogP contribution in [-0.2, 0) is 4.79 Å². The third kappa shape index (κ3) is 3.50. The van der Waals surface area contributed by atoms with E-state index in [1.165, 1.54) is 12.5 Å². The van der Waals surface area contributed by atoms with Crippen molar-refractivity contribution in [2.24, 2.45) is 0 Å². The zero-order chi connectivity index (χ0) is 9.68. The molecule has 1 atom stereocenters. The predicted octanol–water partition coefficient (Wildman–Crippen LogP) is 1.75. The summed E-state index contributed by atoms with van der Waals surface area (Å²) in [5.41, 5.74) is 0.610. The van der Waals surface area contributed by atoms with E-state index in [-0.39, 0.29) is 5.91 Å². The van der Waals surface area contributed by atoms with Crippen LogP contribution in [-0.4, -0.2) is 22.6 Å². The molecule has 0 saturated carbocycles. The van der Waals surface area contributed by atoms with Crippen molar-refractivity contribution in [2.45, 2.75) is 18.6 Å². The molecule has 72 valence electrons. The van der Waals surface area contributed by atoms with Crippen molar-refractivity contribution >= 4 is 23.4 Å². The molecule has 1 heterocycles. The standard InChI is InChI=1S/C8H12N2O2S/c1-6(13-2)3-8(11)10-7-4-9-12-5-7/h4-6H,3H2,1-2H3,(H,10,11). The summed E-state index contributed by atoms with van der Waals surface area (Å²) >= 11 is 1.67. The van der Waals surface area contributed by atoms with E-state index in [4.69, 9.17) is 0 Å². The number of anilines is 1. The number of carbonyl (C=O) groups is 1. The fourth-order valence-electron chi connectivity index (χ4n) is 0.823. The highest BCUT2D eigenvalue weighted by Crippen LogP contribution is 2.11. The molecule has 5 heteroatoms. The molecule has 0 aliphatic carbocycles. The molecule has 13 heavy (non-hydrogen) atoms. The van der Waals surface area contributed by atoms with Crippen molar-refractivity contribution in [3.05, 3.63) is 12.5 Å². The smallest absolute Gasteiger partial charge is 0.225 e. The molecular weight excluding hydrogens is 188 g/mol. The van der Waals surface area contributed by atoms with Gasteiger partial charge in [0.2, 0.25) is 5.91 Å². The summed E-state index contributed by atoms with van der Waals surface area (Å²) in [6.45, 7) is 2.01. The first-order valence-corrected chi connectivity index (χ1v) is 5.23. The quantitative estimate of drug-likeness (QED) is 0.804. The average Bonchev–Trinajstić information content (AvgIpc) is 2.56. The van der Waals surface area contributed by atoms with Gasteiger partial charge in [-0.15, -0.1) is 0 Å². The van der Waals surface area contributed by atoms with E-state index in [0.29, 0.717) is 17.4 Å². The number of thioether (sulfide) groups is 1. The van der Waals surface area contributed by atoms with Gasteiger partial charge in [-0.1, -0.05) is 12.1 Å². The van der Waals surface area contributed by atoms with Crippen LogP contribution in [0.3, 0.4) is 0 Å². The third-order valence-corrected chi connectivity index (χ3v) is 2.56. The van der Waals surface area contributed by atoms with Crippen LogP contribution in [0.4, 0.5) is 5.69 Å². The molecule has 0 aliphatic rings. The second-order valence-corrected chi connectivity index (χ2v) is 3.99. The summed E-state index contributed by atoms with van der Waals surface area (Å²) in [7, 11) is 0. The van der Waals surface area contributed by atoms with E-state index in [2.05, 4.69) is 15.0 Å². The molecule has 0 aliphatic heterocycles. The Kier molecular flexibility index (Phi) is 3.82. The maximum Gasteiger partial charge on any atom is 0.225 e. The van der Waals surface area contributed by atoms with Crippen molar-refractivity contribution < 1.29 is 9.32 Å². The summed E-state index contributed by atoms with van der Waals surface area (Å²) in [4.78, 5) is 11.3. The number of amides is 1. The minimum atomic E-state index is -0.00921. The Bertz CT molecular complexity index is 261. The molecule has 0 radical (unpaired) electrons. The molecule has 0 aromatic carbocycles. The summed E-state index contributed by atoms with van der Waals surface area (Å²) in [5, 5.41) is 6.49. The second-order valence-electron chi connectivity index (χ2n) is 2.71. The molecule has 0 bridgehead atoms. The van der Waals surface area contributed by atoms with Crippen LogP contribution in [0.5, 0.6) is 0 Å². The van der Waals surface area contributed by atoms with Gasteiger partial charge in [0.25, 0.3) is 0 Å². The Morgan fingerprint density at radius 2 is 2.62 bits per heavy atom. The fraction of sp³-hybridized carbons (Fsp3) is 0.500. The number of rotatable bonds is 4. The Morgan fingerprint density at radius 3 is 3.15 bits per heavy atom. The number of nitrogens with zero attached hydrogens (tertiary/aromatic N) is 1. The number of aromatic nitrogens is 1. The van der Waals surface area contributed by atoms with E-state index in [1.54, 1.807) is 11.8 Å². The molecule has 1 aromatic rings. The van der Waals surface area contributed by atoms with Crippen LogP contribution in [0, 0.1) is 0 Å².